The highest BCUT2D eigenvalue weighted by Gasteiger charge is 2.17. The number of nitrogens with zero attached hydrogens (tertiary/aromatic N) is 2. The van der Waals surface area contributed by atoms with Crippen LogP contribution in [0.15, 0.2) is 71.3 Å². The van der Waals surface area contributed by atoms with Gasteiger partial charge in [-0.1, -0.05) is 12.1 Å². The second-order valence-electron chi connectivity index (χ2n) is 6.10. The number of amides is 1. The maximum absolute atomic E-state index is 12.6. The van der Waals surface area contributed by atoms with Gasteiger partial charge in [-0.2, -0.15) is 0 Å². The standard InChI is InChI=1S/C21H17N3O4/c1-27-21(26)14-8-10-15(11-9-14)22-19(25)13-24-17-6-3-2-5-16(17)23-20(24)18-7-4-12-28-18/h2-12H,13H2,1H3,(H,22,25). The van der Waals surface area contributed by atoms with Crippen LogP contribution in [0, 0.1) is 0 Å². The molecule has 0 bridgehead atoms. The Kier molecular flexibility index (Phi) is 4.63. The van der Waals surface area contributed by atoms with Crippen molar-refractivity contribution in [1.29, 1.82) is 0 Å². The average molecular weight is 375 g/mol. The summed E-state index contributed by atoms with van der Waals surface area (Å²) in [7, 11) is 1.32. The SMILES string of the molecule is COC(=O)c1ccc(NC(=O)Cn2c(-c3ccco3)nc3ccccc32)cc1. The van der Waals surface area contributed by atoms with E-state index in [-0.39, 0.29) is 12.5 Å². The number of nitrogens with one attached hydrogen (secondary N) is 1. The van der Waals surface area contributed by atoms with Gasteiger partial charge in [-0.05, 0) is 48.5 Å². The second kappa shape index (κ2) is 7.40. The number of carbonyl (C=O) groups excluding carboxylic acids is 2. The van der Waals surface area contributed by atoms with Gasteiger partial charge in [0.25, 0.3) is 0 Å². The third-order valence-electron chi connectivity index (χ3n) is 4.29. The summed E-state index contributed by atoms with van der Waals surface area (Å²) in [6, 6.07) is 17.7. The van der Waals surface area contributed by atoms with Gasteiger partial charge in [0.15, 0.2) is 11.6 Å². The first kappa shape index (κ1) is 17.5. The molecule has 0 saturated carbocycles. The largest absolute Gasteiger partial charge is 0.465 e. The third-order valence-corrected chi connectivity index (χ3v) is 4.29. The lowest BCUT2D eigenvalue weighted by Gasteiger charge is -2.09. The van der Waals surface area contributed by atoms with Gasteiger partial charge in [0.2, 0.25) is 5.91 Å². The van der Waals surface area contributed by atoms with E-state index in [1.807, 2.05) is 28.8 Å². The molecule has 0 unspecified atom stereocenters. The van der Waals surface area contributed by atoms with E-state index >= 15 is 0 Å². The minimum atomic E-state index is -0.425. The van der Waals surface area contributed by atoms with Crippen LogP contribution < -0.4 is 5.32 Å². The molecule has 28 heavy (non-hydrogen) atoms. The van der Waals surface area contributed by atoms with Gasteiger partial charge in [-0.15, -0.1) is 0 Å². The molecule has 2 heterocycles. The summed E-state index contributed by atoms with van der Waals surface area (Å²) in [5.41, 5.74) is 2.62. The number of carbonyl (C=O) groups is 2. The first-order valence-corrected chi connectivity index (χ1v) is 8.63. The zero-order valence-corrected chi connectivity index (χ0v) is 15.1. The Balaban J connectivity index is 1.58. The fourth-order valence-electron chi connectivity index (χ4n) is 2.98. The maximum atomic E-state index is 12.6. The molecule has 4 aromatic rings. The van der Waals surface area contributed by atoms with E-state index in [9.17, 15) is 9.59 Å². The van der Waals surface area contributed by atoms with Crippen molar-refractivity contribution >= 4 is 28.6 Å². The van der Waals surface area contributed by atoms with Crippen LogP contribution in [0.2, 0.25) is 0 Å². The molecule has 2 aromatic carbocycles. The summed E-state index contributed by atoms with van der Waals surface area (Å²) in [5.74, 6) is 0.529. The number of hydrogen-bond acceptors (Lipinski definition) is 5. The van der Waals surface area contributed by atoms with E-state index in [1.165, 1.54) is 7.11 Å². The number of para-hydroxylation sites is 2. The monoisotopic (exact) mass is 375 g/mol. The van der Waals surface area contributed by atoms with Crippen molar-refractivity contribution in [3.63, 3.8) is 0 Å². The average Bonchev–Trinajstić information content (AvgIpc) is 3.36. The molecule has 0 atom stereocenters. The van der Waals surface area contributed by atoms with Crippen LogP contribution >= 0.6 is 0 Å². The quantitative estimate of drug-likeness (QED) is 0.537. The van der Waals surface area contributed by atoms with Crippen LogP contribution in [-0.4, -0.2) is 28.5 Å². The highest BCUT2D eigenvalue weighted by molar-refractivity contribution is 5.94. The molecule has 0 fully saturated rings. The molecule has 0 radical (unpaired) electrons. The van der Waals surface area contributed by atoms with Crippen LogP contribution in [0.3, 0.4) is 0 Å². The summed E-state index contributed by atoms with van der Waals surface area (Å²) in [6.45, 7) is 0.0648. The molecule has 1 amide bonds. The van der Waals surface area contributed by atoms with E-state index in [1.54, 1.807) is 42.7 Å². The number of methoxy groups -OCH3 is 1. The maximum Gasteiger partial charge on any atom is 0.337 e. The van der Waals surface area contributed by atoms with Gasteiger partial charge < -0.3 is 19.0 Å². The molecule has 0 saturated heterocycles. The van der Waals surface area contributed by atoms with Crippen molar-refractivity contribution in [3.8, 4) is 11.6 Å². The Morgan fingerprint density at radius 2 is 1.86 bits per heavy atom. The number of fused-ring (bicyclic) bond motifs is 1. The van der Waals surface area contributed by atoms with Gasteiger partial charge >= 0.3 is 5.97 Å². The van der Waals surface area contributed by atoms with Crippen molar-refractivity contribution in [1.82, 2.24) is 9.55 Å². The van der Waals surface area contributed by atoms with Crippen LogP contribution in [0.1, 0.15) is 10.4 Å². The number of rotatable bonds is 5. The number of furan rings is 1. The Morgan fingerprint density at radius 3 is 2.57 bits per heavy atom. The molecule has 0 aliphatic carbocycles. The first-order chi connectivity index (χ1) is 13.7. The minimum Gasteiger partial charge on any atom is -0.465 e. The van der Waals surface area contributed by atoms with Crippen LogP contribution in [0.4, 0.5) is 5.69 Å². The van der Waals surface area contributed by atoms with Crippen molar-refractivity contribution in [2.45, 2.75) is 6.54 Å². The summed E-state index contributed by atoms with van der Waals surface area (Å²) >= 11 is 0. The summed E-state index contributed by atoms with van der Waals surface area (Å²) in [5, 5.41) is 2.83. The van der Waals surface area contributed by atoms with Crippen LogP contribution in [0.5, 0.6) is 0 Å². The van der Waals surface area contributed by atoms with Crippen molar-refractivity contribution in [2.24, 2.45) is 0 Å². The molecule has 2 aromatic heterocycles. The zero-order chi connectivity index (χ0) is 19.5. The molecule has 0 aliphatic heterocycles. The predicted octanol–water partition coefficient (Wildman–Crippen LogP) is 3.72. The lowest BCUT2D eigenvalue weighted by atomic mass is 10.2. The number of anilines is 1. The number of imidazole rings is 1. The molecular weight excluding hydrogens is 358 g/mol. The van der Waals surface area contributed by atoms with Crippen LogP contribution in [0.25, 0.3) is 22.6 Å². The van der Waals surface area contributed by atoms with E-state index in [4.69, 9.17) is 4.42 Å². The molecule has 140 valence electrons. The molecular formula is C21H17N3O4. The van der Waals surface area contributed by atoms with Crippen molar-refractivity contribution in [3.05, 3.63) is 72.5 Å². The number of hydrogen-bond donors (Lipinski definition) is 1. The first-order valence-electron chi connectivity index (χ1n) is 8.63. The number of benzene rings is 2. The van der Waals surface area contributed by atoms with Crippen molar-refractivity contribution in [2.75, 3.05) is 12.4 Å². The van der Waals surface area contributed by atoms with E-state index in [2.05, 4.69) is 15.0 Å². The Hall–Kier alpha value is -3.87. The molecule has 7 heteroatoms. The van der Waals surface area contributed by atoms with E-state index in [0.717, 1.165) is 11.0 Å². The molecule has 4 rings (SSSR count). The lowest BCUT2D eigenvalue weighted by Crippen LogP contribution is -2.19. The van der Waals surface area contributed by atoms with Gasteiger partial charge in [0.05, 0.1) is 30.0 Å². The van der Waals surface area contributed by atoms with E-state index < -0.39 is 5.97 Å². The van der Waals surface area contributed by atoms with Crippen molar-refractivity contribution < 1.29 is 18.7 Å². The zero-order valence-electron chi connectivity index (χ0n) is 15.1. The summed E-state index contributed by atoms with van der Waals surface area (Å²) in [6.07, 6.45) is 1.57. The summed E-state index contributed by atoms with van der Waals surface area (Å²) in [4.78, 5) is 28.7. The fraction of sp³-hybridized carbons (Fsp3) is 0.0952. The number of aromatic nitrogens is 2. The summed E-state index contributed by atoms with van der Waals surface area (Å²) < 4.78 is 12.0. The predicted molar refractivity (Wildman–Crippen MR) is 104 cm³/mol. The minimum absolute atomic E-state index is 0.0648. The number of esters is 1. The molecule has 0 aliphatic rings. The molecule has 7 nitrogen and oxygen atoms in total. The van der Waals surface area contributed by atoms with Gasteiger partial charge in [0.1, 0.15) is 6.54 Å². The highest BCUT2D eigenvalue weighted by atomic mass is 16.5. The highest BCUT2D eigenvalue weighted by Crippen LogP contribution is 2.25. The third kappa shape index (κ3) is 3.37. The molecule has 1 N–H and O–H groups in total. The fourth-order valence-corrected chi connectivity index (χ4v) is 2.98. The Morgan fingerprint density at radius 1 is 1.07 bits per heavy atom. The normalized spacial score (nSPS) is 10.8. The van der Waals surface area contributed by atoms with Gasteiger partial charge in [-0.25, -0.2) is 9.78 Å². The Labute approximate surface area is 160 Å². The smallest absolute Gasteiger partial charge is 0.337 e. The van der Waals surface area contributed by atoms with Gasteiger partial charge in [-0.3, -0.25) is 4.79 Å². The van der Waals surface area contributed by atoms with E-state index in [0.29, 0.717) is 22.8 Å². The van der Waals surface area contributed by atoms with Crippen LogP contribution in [-0.2, 0) is 16.1 Å². The van der Waals surface area contributed by atoms with Gasteiger partial charge in [0, 0.05) is 5.69 Å². The molecule has 0 spiro atoms. The topological polar surface area (TPSA) is 86.4 Å². The lowest BCUT2D eigenvalue weighted by molar-refractivity contribution is -0.116. The number of ether oxygens (including phenoxy) is 1. The second-order valence-corrected chi connectivity index (χ2v) is 6.10. The Bertz CT molecular complexity index is 1130.